The lowest BCUT2D eigenvalue weighted by molar-refractivity contribution is -0.141. The van der Waals surface area contributed by atoms with E-state index in [9.17, 15) is 18.0 Å². The standard InChI is InChI=1S/C32H39Cl2N3O4S/c1-8-29(31(39)35-32(5,6)7)36(19-26-27(33)10-9-11-28(26)34)30(38)20-37(24-17-22(3)16-23(4)18-24)42(40,41)25-14-12-21(2)13-15-25/h9-18,29H,8,19-20H2,1-7H3,(H,35,39). The molecule has 10 heteroatoms. The molecule has 42 heavy (non-hydrogen) atoms. The van der Waals surface area contributed by atoms with Gasteiger partial charge in [-0.15, -0.1) is 0 Å². The second-order valence-electron chi connectivity index (χ2n) is 11.6. The lowest BCUT2D eigenvalue weighted by atomic mass is 10.1. The van der Waals surface area contributed by atoms with Gasteiger partial charge in [0.05, 0.1) is 10.6 Å². The van der Waals surface area contributed by atoms with Crippen LogP contribution in [0.2, 0.25) is 10.0 Å². The van der Waals surface area contributed by atoms with E-state index < -0.39 is 34.1 Å². The first kappa shape index (κ1) is 33.4. The van der Waals surface area contributed by atoms with Crippen molar-refractivity contribution in [2.45, 2.75) is 77.9 Å². The summed E-state index contributed by atoms with van der Waals surface area (Å²) in [5, 5.41) is 3.63. The second-order valence-corrected chi connectivity index (χ2v) is 14.2. The van der Waals surface area contributed by atoms with Gasteiger partial charge < -0.3 is 10.2 Å². The number of rotatable bonds is 10. The van der Waals surface area contributed by atoms with Gasteiger partial charge in [0.15, 0.2) is 0 Å². The zero-order valence-electron chi connectivity index (χ0n) is 25.2. The van der Waals surface area contributed by atoms with Crippen molar-refractivity contribution in [3.8, 4) is 0 Å². The van der Waals surface area contributed by atoms with Gasteiger partial charge in [-0.1, -0.05) is 60.0 Å². The molecule has 0 fully saturated rings. The molecule has 226 valence electrons. The molecule has 0 aromatic heterocycles. The fourth-order valence-electron chi connectivity index (χ4n) is 4.69. The number of aryl methyl sites for hydroxylation is 3. The number of benzene rings is 3. The van der Waals surface area contributed by atoms with Crippen molar-refractivity contribution in [1.29, 1.82) is 0 Å². The van der Waals surface area contributed by atoms with Crippen LogP contribution >= 0.6 is 23.2 Å². The highest BCUT2D eigenvalue weighted by Crippen LogP contribution is 2.29. The summed E-state index contributed by atoms with van der Waals surface area (Å²) >= 11 is 13.0. The van der Waals surface area contributed by atoms with Gasteiger partial charge in [0.25, 0.3) is 10.0 Å². The van der Waals surface area contributed by atoms with E-state index in [0.717, 1.165) is 21.0 Å². The molecule has 0 aliphatic carbocycles. The molecule has 3 aromatic rings. The van der Waals surface area contributed by atoms with Gasteiger partial charge in [-0.25, -0.2) is 8.42 Å². The Morgan fingerprint density at radius 1 is 0.881 bits per heavy atom. The fourth-order valence-corrected chi connectivity index (χ4v) is 6.60. The van der Waals surface area contributed by atoms with E-state index in [4.69, 9.17) is 23.2 Å². The van der Waals surface area contributed by atoms with Gasteiger partial charge >= 0.3 is 0 Å². The third-order valence-corrected chi connectivity index (χ3v) is 9.15. The Kier molecular flexibility index (Phi) is 10.7. The maximum absolute atomic E-state index is 14.3. The summed E-state index contributed by atoms with van der Waals surface area (Å²) in [5.41, 5.74) is 2.86. The molecule has 1 atom stereocenters. The summed E-state index contributed by atoms with van der Waals surface area (Å²) in [4.78, 5) is 29.2. The van der Waals surface area contributed by atoms with Crippen molar-refractivity contribution < 1.29 is 18.0 Å². The Balaban J connectivity index is 2.15. The maximum atomic E-state index is 14.3. The second kappa shape index (κ2) is 13.5. The van der Waals surface area contributed by atoms with Crippen LogP contribution < -0.4 is 9.62 Å². The van der Waals surface area contributed by atoms with Crippen molar-refractivity contribution in [2.75, 3.05) is 10.8 Å². The highest BCUT2D eigenvalue weighted by Gasteiger charge is 2.35. The predicted molar refractivity (Wildman–Crippen MR) is 171 cm³/mol. The summed E-state index contributed by atoms with van der Waals surface area (Å²) in [5.74, 6) is -0.933. The molecule has 0 saturated heterocycles. The molecule has 0 heterocycles. The first-order valence-corrected chi connectivity index (χ1v) is 15.9. The highest BCUT2D eigenvalue weighted by molar-refractivity contribution is 7.92. The fraction of sp³-hybridized carbons (Fsp3) is 0.375. The molecule has 0 radical (unpaired) electrons. The van der Waals surface area contributed by atoms with E-state index in [1.807, 2.05) is 47.6 Å². The smallest absolute Gasteiger partial charge is 0.264 e. The number of carbonyl (C=O) groups is 2. The first-order chi connectivity index (χ1) is 19.5. The van der Waals surface area contributed by atoms with Crippen molar-refractivity contribution in [1.82, 2.24) is 10.2 Å². The van der Waals surface area contributed by atoms with Gasteiger partial charge in [-0.3, -0.25) is 13.9 Å². The van der Waals surface area contributed by atoms with Crippen LogP contribution in [0.1, 0.15) is 56.4 Å². The summed E-state index contributed by atoms with van der Waals surface area (Å²) in [6.45, 7) is 12.3. The number of nitrogens with zero attached hydrogens (tertiary/aromatic N) is 2. The van der Waals surface area contributed by atoms with Crippen LogP contribution in [0.3, 0.4) is 0 Å². The van der Waals surface area contributed by atoms with Crippen LogP contribution in [0, 0.1) is 20.8 Å². The number of nitrogens with one attached hydrogen (secondary N) is 1. The van der Waals surface area contributed by atoms with Gasteiger partial charge in [-0.2, -0.15) is 0 Å². The van der Waals surface area contributed by atoms with Crippen molar-refractivity contribution in [2.24, 2.45) is 0 Å². The van der Waals surface area contributed by atoms with E-state index in [2.05, 4.69) is 5.32 Å². The minimum absolute atomic E-state index is 0.0540. The molecule has 0 spiro atoms. The monoisotopic (exact) mass is 631 g/mol. The van der Waals surface area contributed by atoms with Gasteiger partial charge in [-0.05, 0) is 95.5 Å². The van der Waals surface area contributed by atoms with Crippen LogP contribution in [-0.4, -0.2) is 43.3 Å². The topological polar surface area (TPSA) is 86.8 Å². The largest absolute Gasteiger partial charge is 0.350 e. The lowest BCUT2D eigenvalue weighted by Gasteiger charge is -2.35. The molecule has 2 amide bonds. The van der Waals surface area contributed by atoms with Crippen LogP contribution in [0.25, 0.3) is 0 Å². The van der Waals surface area contributed by atoms with E-state index >= 15 is 0 Å². The van der Waals surface area contributed by atoms with Crippen LogP contribution in [0.4, 0.5) is 5.69 Å². The molecule has 0 aliphatic heterocycles. The number of halogens is 2. The molecule has 1 N–H and O–H groups in total. The molecule has 7 nitrogen and oxygen atoms in total. The Morgan fingerprint density at radius 3 is 1.93 bits per heavy atom. The zero-order chi connectivity index (χ0) is 31.4. The number of anilines is 1. The number of amides is 2. The van der Waals surface area contributed by atoms with E-state index in [0.29, 0.717) is 21.3 Å². The number of hydrogen-bond acceptors (Lipinski definition) is 4. The predicted octanol–water partition coefficient (Wildman–Crippen LogP) is 6.84. The molecule has 0 aliphatic rings. The minimum atomic E-state index is -4.17. The van der Waals surface area contributed by atoms with E-state index in [-0.39, 0.29) is 23.8 Å². The summed E-state index contributed by atoms with van der Waals surface area (Å²) in [7, 11) is -4.17. The number of hydrogen-bond donors (Lipinski definition) is 1. The lowest BCUT2D eigenvalue weighted by Crippen LogP contribution is -2.55. The summed E-state index contributed by atoms with van der Waals surface area (Å²) in [6, 6.07) is 16.0. The Bertz CT molecular complexity index is 1510. The number of sulfonamides is 1. The minimum Gasteiger partial charge on any atom is -0.350 e. The SMILES string of the molecule is CCC(C(=O)NC(C)(C)C)N(Cc1c(Cl)cccc1Cl)C(=O)CN(c1cc(C)cc(C)c1)S(=O)(=O)c1ccc(C)cc1. The molecule has 0 saturated carbocycles. The third kappa shape index (κ3) is 8.27. The van der Waals surface area contributed by atoms with Crippen molar-refractivity contribution >= 4 is 50.7 Å². The molecule has 0 bridgehead atoms. The number of carbonyl (C=O) groups excluding carboxylic acids is 2. The Labute approximate surface area is 259 Å². The first-order valence-electron chi connectivity index (χ1n) is 13.8. The maximum Gasteiger partial charge on any atom is 0.264 e. The van der Waals surface area contributed by atoms with Gasteiger partial charge in [0, 0.05) is 27.7 Å². The molecular weight excluding hydrogens is 593 g/mol. The zero-order valence-corrected chi connectivity index (χ0v) is 27.5. The quantitative estimate of drug-likeness (QED) is 0.265. The van der Waals surface area contributed by atoms with Crippen molar-refractivity contribution in [3.05, 3.63) is 93.0 Å². The van der Waals surface area contributed by atoms with E-state index in [1.54, 1.807) is 49.4 Å². The molecule has 3 rings (SSSR count). The van der Waals surface area contributed by atoms with Crippen molar-refractivity contribution in [3.63, 3.8) is 0 Å². The molecule has 1 unspecified atom stereocenters. The van der Waals surface area contributed by atoms with Gasteiger partial charge in [0.1, 0.15) is 12.6 Å². The average Bonchev–Trinajstić information content (AvgIpc) is 2.87. The van der Waals surface area contributed by atoms with Crippen LogP contribution in [-0.2, 0) is 26.2 Å². The third-order valence-electron chi connectivity index (χ3n) is 6.66. The summed E-state index contributed by atoms with van der Waals surface area (Å²) < 4.78 is 29.3. The van der Waals surface area contributed by atoms with Crippen LogP contribution in [0.5, 0.6) is 0 Å². The summed E-state index contributed by atoms with van der Waals surface area (Å²) in [6.07, 6.45) is 0.282. The highest BCUT2D eigenvalue weighted by atomic mass is 35.5. The van der Waals surface area contributed by atoms with Gasteiger partial charge in [0.2, 0.25) is 11.8 Å². The normalized spacial score (nSPS) is 12.5. The van der Waals surface area contributed by atoms with Crippen LogP contribution in [0.15, 0.2) is 65.6 Å². The molecule has 3 aromatic carbocycles. The average molecular weight is 633 g/mol. The van der Waals surface area contributed by atoms with E-state index in [1.165, 1.54) is 17.0 Å². The Hall–Kier alpha value is -3.07. The Morgan fingerprint density at radius 2 is 1.43 bits per heavy atom. The molecular formula is C32H39Cl2N3O4S.